The summed E-state index contributed by atoms with van der Waals surface area (Å²) in [6, 6.07) is 4.86. The Labute approximate surface area is 156 Å². The molecule has 138 valence electrons. The fraction of sp³-hybridized carbons (Fsp3) is 0.529. The number of ether oxygens (including phenoxy) is 2. The zero-order valence-electron chi connectivity index (χ0n) is 14.3. The van der Waals surface area contributed by atoms with Crippen LogP contribution in [-0.2, 0) is 14.3 Å². The van der Waals surface area contributed by atoms with E-state index in [2.05, 4.69) is 0 Å². The van der Waals surface area contributed by atoms with Crippen LogP contribution >= 0.6 is 23.2 Å². The number of hydrogen-bond acceptors (Lipinski definition) is 4. The molecule has 0 aromatic heterocycles. The number of carbonyl (C=O) groups is 2. The van der Waals surface area contributed by atoms with E-state index in [1.807, 2.05) is 0 Å². The first-order valence-corrected chi connectivity index (χ1v) is 8.61. The van der Waals surface area contributed by atoms with Gasteiger partial charge in [0.1, 0.15) is 11.5 Å². The Morgan fingerprint density at radius 3 is 2.52 bits per heavy atom. The van der Waals surface area contributed by atoms with Crippen molar-refractivity contribution in [1.29, 1.82) is 0 Å². The molecule has 25 heavy (non-hydrogen) atoms. The van der Waals surface area contributed by atoms with Crippen LogP contribution in [0.3, 0.4) is 0 Å². The standard InChI is InChI=1S/C17H21Cl2NO5/c1-17(2,3)25-16(23)20-6-7-24-14(11(9-20)15(21)22)10-4-5-12(18)13(19)8-10/h4-5,8,11,14H,6-7,9H2,1-3H3,(H,21,22)/t11-,14?/m1/s1. The van der Waals surface area contributed by atoms with E-state index in [1.54, 1.807) is 39.0 Å². The van der Waals surface area contributed by atoms with E-state index in [1.165, 1.54) is 4.90 Å². The van der Waals surface area contributed by atoms with E-state index in [-0.39, 0.29) is 19.7 Å². The van der Waals surface area contributed by atoms with Crippen molar-refractivity contribution in [1.82, 2.24) is 4.90 Å². The number of aliphatic carboxylic acids is 1. The number of halogens is 2. The summed E-state index contributed by atoms with van der Waals surface area (Å²) in [6.07, 6.45) is -1.29. The zero-order valence-corrected chi connectivity index (χ0v) is 15.8. The lowest BCUT2D eigenvalue weighted by molar-refractivity contribution is -0.147. The fourth-order valence-electron chi connectivity index (χ4n) is 2.55. The lowest BCUT2D eigenvalue weighted by atomic mass is 9.95. The van der Waals surface area contributed by atoms with Gasteiger partial charge in [0.15, 0.2) is 0 Å². The minimum absolute atomic E-state index is 0.0187. The predicted octanol–water partition coefficient (Wildman–Crippen LogP) is 4.00. The topological polar surface area (TPSA) is 76.1 Å². The van der Waals surface area contributed by atoms with Gasteiger partial charge in [0, 0.05) is 13.1 Å². The van der Waals surface area contributed by atoms with E-state index < -0.39 is 29.7 Å². The summed E-state index contributed by atoms with van der Waals surface area (Å²) in [4.78, 5) is 25.4. The van der Waals surface area contributed by atoms with Crippen molar-refractivity contribution >= 4 is 35.3 Å². The van der Waals surface area contributed by atoms with Crippen LogP contribution in [0, 0.1) is 5.92 Å². The molecule has 1 fully saturated rings. The minimum Gasteiger partial charge on any atom is -0.481 e. The third-order valence-electron chi connectivity index (χ3n) is 3.68. The van der Waals surface area contributed by atoms with Gasteiger partial charge in [0.05, 0.1) is 22.8 Å². The molecule has 1 unspecified atom stereocenters. The summed E-state index contributed by atoms with van der Waals surface area (Å²) in [5, 5.41) is 10.3. The maximum absolute atomic E-state index is 12.3. The van der Waals surface area contributed by atoms with Crippen molar-refractivity contribution in [2.75, 3.05) is 19.7 Å². The average molecular weight is 390 g/mol. The number of hydrogen-bond donors (Lipinski definition) is 1. The van der Waals surface area contributed by atoms with E-state index in [0.29, 0.717) is 15.6 Å². The summed E-state index contributed by atoms with van der Waals surface area (Å²) >= 11 is 12.0. The summed E-state index contributed by atoms with van der Waals surface area (Å²) < 4.78 is 11.1. The molecule has 1 amide bonds. The van der Waals surface area contributed by atoms with Crippen molar-refractivity contribution < 1.29 is 24.2 Å². The second-order valence-electron chi connectivity index (χ2n) is 6.84. The molecule has 6 nitrogen and oxygen atoms in total. The molecule has 1 aromatic carbocycles. The number of benzene rings is 1. The van der Waals surface area contributed by atoms with E-state index in [0.717, 1.165) is 0 Å². The van der Waals surface area contributed by atoms with Gasteiger partial charge < -0.3 is 19.5 Å². The molecule has 1 aromatic rings. The third-order valence-corrected chi connectivity index (χ3v) is 4.42. The quantitative estimate of drug-likeness (QED) is 0.826. The van der Waals surface area contributed by atoms with Crippen molar-refractivity contribution in [3.8, 4) is 0 Å². The van der Waals surface area contributed by atoms with Gasteiger partial charge in [-0.3, -0.25) is 4.79 Å². The number of nitrogens with zero attached hydrogens (tertiary/aromatic N) is 1. The van der Waals surface area contributed by atoms with Crippen LogP contribution in [0.4, 0.5) is 4.79 Å². The first-order chi connectivity index (χ1) is 11.6. The highest BCUT2D eigenvalue weighted by molar-refractivity contribution is 6.42. The molecule has 0 radical (unpaired) electrons. The molecule has 2 atom stereocenters. The van der Waals surface area contributed by atoms with Crippen LogP contribution in [0.15, 0.2) is 18.2 Å². The first kappa shape index (κ1) is 19.8. The average Bonchev–Trinajstić information content (AvgIpc) is 2.71. The highest BCUT2D eigenvalue weighted by Crippen LogP contribution is 2.33. The van der Waals surface area contributed by atoms with Crippen molar-refractivity contribution in [2.45, 2.75) is 32.5 Å². The molecule has 0 bridgehead atoms. The smallest absolute Gasteiger partial charge is 0.410 e. The Morgan fingerprint density at radius 2 is 1.96 bits per heavy atom. The molecule has 1 saturated heterocycles. The largest absolute Gasteiger partial charge is 0.481 e. The summed E-state index contributed by atoms with van der Waals surface area (Å²) in [5.41, 5.74) is -0.0562. The fourth-order valence-corrected chi connectivity index (χ4v) is 2.85. The minimum atomic E-state index is -1.06. The number of carbonyl (C=O) groups excluding carboxylic acids is 1. The molecular weight excluding hydrogens is 369 g/mol. The summed E-state index contributed by atoms with van der Waals surface area (Å²) in [7, 11) is 0. The van der Waals surface area contributed by atoms with Gasteiger partial charge in [-0.05, 0) is 38.5 Å². The Kier molecular flexibility index (Phi) is 6.19. The molecule has 8 heteroatoms. The normalized spacial score (nSPS) is 21.6. The maximum atomic E-state index is 12.3. The number of amides is 1. The zero-order chi connectivity index (χ0) is 18.8. The molecule has 0 saturated carbocycles. The molecule has 1 aliphatic rings. The monoisotopic (exact) mass is 389 g/mol. The molecule has 1 N–H and O–H groups in total. The Balaban J connectivity index is 2.24. The highest BCUT2D eigenvalue weighted by atomic mass is 35.5. The highest BCUT2D eigenvalue weighted by Gasteiger charge is 2.37. The van der Waals surface area contributed by atoms with Crippen LogP contribution in [0.5, 0.6) is 0 Å². The van der Waals surface area contributed by atoms with Gasteiger partial charge in [0.25, 0.3) is 0 Å². The van der Waals surface area contributed by atoms with Crippen molar-refractivity contribution in [3.63, 3.8) is 0 Å². The van der Waals surface area contributed by atoms with Crippen molar-refractivity contribution in [3.05, 3.63) is 33.8 Å². The number of carboxylic acid groups (broad SMARTS) is 1. The van der Waals surface area contributed by atoms with Gasteiger partial charge in [-0.25, -0.2) is 4.79 Å². The third kappa shape index (κ3) is 5.23. The molecule has 0 spiro atoms. The second kappa shape index (κ2) is 7.81. The molecular formula is C17H21Cl2NO5. The summed E-state index contributed by atoms with van der Waals surface area (Å²) in [6.45, 7) is 5.69. The van der Waals surface area contributed by atoms with E-state index in [4.69, 9.17) is 32.7 Å². The molecule has 2 rings (SSSR count). The van der Waals surface area contributed by atoms with Crippen LogP contribution in [-0.4, -0.2) is 47.4 Å². The van der Waals surface area contributed by atoms with Gasteiger partial charge in [-0.1, -0.05) is 29.3 Å². The Bertz CT molecular complexity index is 659. The van der Waals surface area contributed by atoms with Gasteiger partial charge in [-0.2, -0.15) is 0 Å². The molecule has 0 aliphatic carbocycles. The van der Waals surface area contributed by atoms with E-state index in [9.17, 15) is 14.7 Å². The second-order valence-corrected chi connectivity index (χ2v) is 7.65. The lowest BCUT2D eigenvalue weighted by Gasteiger charge is -2.28. The summed E-state index contributed by atoms with van der Waals surface area (Å²) in [5.74, 6) is -2.02. The lowest BCUT2D eigenvalue weighted by Crippen LogP contribution is -2.41. The van der Waals surface area contributed by atoms with Gasteiger partial charge >= 0.3 is 12.1 Å². The van der Waals surface area contributed by atoms with Crippen LogP contribution < -0.4 is 0 Å². The molecule has 1 heterocycles. The van der Waals surface area contributed by atoms with Crippen LogP contribution in [0.2, 0.25) is 10.0 Å². The van der Waals surface area contributed by atoms with E-state index >= 15 is 0 Å². The van der Waals surface area contributed by atoms with Crippen LogP contribution in [0.1, 0.15) is 32.4 Å². The number of carboxylic acids is 1. The number of rotatable bonds is 2. The molecule has 1 aliphatic heterocycles. The van der Waals surface area contributed by atoms with Gasteiger partial charge in [-0.15, -0.1) is 0 Å². The predicted molar refractivity (Wildman–Crippen MR) is 94.1 cm³/mol. The first-order valence-electron chi connectivity index (χ1n) is 7.86. The maximum Gasteiger partial charge on any atom is 0.410 e. The van der Waals surface area contributed by atoms with Crippen molar-refractivity contribution in [2.24, 2.45) is 5.92 Å². The Morgan fingerprint density at radius 1 is 1.28 bits per heavy atom. The SMILES string of the molecule is CC(C)(C)OC(=O)N1CCOC(c2ccc(Cl)c(Cl)c2)[C@H](C(=O)O)C1. The van der Waals surface area contributed by atoms with Crippen LogP contribution in [0.25, 0.3) is 0 Å². The van der Waals surface area contributed by atoms with Gasteiger partial charge in [0.2, 0.25) is 0 Å². The Hall–Kier alpha value is -1.50.